The minimum absolute atomic E-state index is 0.0355. The summed E-state index contributed by atoms with van der Waals surface area (Å²) < 4.78 is 59.7. The van der Waals surface area contributed by atoms with E-state index in [4.69, 9.17) is 0 Å². The molecular weight excluding hydrogens is 263 g/mol. The van der Waals surface area contributed by atoms with E-state index in [1.165, 1.54) is 0 Å². The summed E-state index contributed by atoms with van der Waals surface area (Å²) >= 11 is 0.725. The molecule has 0 fully saturated rings. The number of hydrogen-bond acceptors (Lipinski definition) is 4. The van der Waals surface area contributed by atoms with Crippen molar-refractivity contribution in [2.45, 2.75) is 5.03 Å². The second-order valence-electron chi connectivity index (χ2n) is 3.03. The van der Waals surface area contributed by atoms with Crippen LogP contribution in [0.4, 0.5) is 13.2 Å². The number of nitrogens with zero attached hydrogens (tertiary/aromatic N) is 1. The maximum Gasteiger partial charge on any atom is 0.250 e. The van der Waals surface area contributed by atoms with E-state index in [2.05, 4.69) is 4.98 Å². The summed E-state index contributed by atoms with van der Waals surface area (Å²) in [4.78, 5) is 3.04. The van der Waals surface area contributed by atoms with Crippen molar-refractivity contribution in [2.24, 2.45) is 0 Å². The average Bonchev–Trinajstić information content (AvgIpc) is 2.11. The molecule has 3 nitrogen and oxygen atoms in total. The fourth-order valence-corrected chi connectivity index (χ4v) is 2.90. The largest absolute Gasteiger partial charge is 0.250 e. The van der Waals surface area contributed by atoms with E-state index in [-0.39, 0.29) is 16.5 Å². The zero-order valence-electron chi connectivity index (χ0n) is 8.21. The Morgan fingerprint density at radius 3 is 2.50 bits per heavy atom. The van der Waals surface area contributed by atoms with Gasteiger partial charge in [0.1, 0.15) is 14.9 Å². The Bertz CT molecular complexity index is 490. The summed E-state index contributed by atoms with van der Waals surface area (Å²) in [5.74, 6) is -3.92. The van der Waals surface area contributed by atoms with E-state index in [9.17, 15) is 21.6 Å². The molecule has 0 saturated carbocycles. The third kappa shape index (κ3) is 4.01. The number of hydrogen-bond donors (Lipinski definition) is 0. The third-order valence-electron chi connectivity index (χ3n) is 1.55. The normalized spacial score (nSPS) is 11.8. The van der Waals surface area contributed by atoms with Crippen LogP contribution in [0.1, 0.15) is 0 Å². The molecule has 90 valence electrons. The van der Waals surface area contributed by atoms with E-state index < -0.39 is 27.4 Å². The summed E-state index contributed by atoms with van der Waals surface area (Å²) in [5, 5.41) is -0.345. The van der Waals surface area contributed by atoms with E-state index in [0.29, 0.717) is 6.07 Å². The van der Waals surface area contributed by atoms with Crippen molar-refractivity contribution in [1.29, 1.82) is 0 Å². The van der Waals surface area contributed by atoms with Crippen LogP contribution in [0.2, 0.25) is 0 Å². The predicted molar refractivity (Wildman–Crippen MR) is 54.5 cm³/mol. The molecule has 0 radical (unpaired) electrons. The van der Waals surface area contributed by atoms with Gasteiger partial charge in [-0.2, -0.15) is 4.39 Å². The lowest BCUT2D eigenvalue weighted by Crippen LogP contribution is -2.06. The van der Waals surface area contributed by atoms with Crippen molar-refractivity contribution < 1.29 is 21.6 Å². The van der Waals surface area contributed by atoms with Crippen LogP contribution in [0.15, 0.2) is 11.1 Å². The van der Waals surface area contributed by atoms with E-state index in [1.54, 1.807) is 0 Å². The molecule has 0 aliphatic carbocycles. The molecule has 0 bridgehead atoms. The smallest absolute Gasteiger partial charge is 0.229 e. The third-order valence-corrected chi connectivity index (χ3v) is 3.72. The van der Waals surface area contributed by atoms with Crippen LogP contribution in [-0.4, -0.2) is 31.2 Å². The van der Waals surface area contributed by atoms with Crippen LogP contribution < -0.4 is 0 Å². The maximum atomic E-state index is 13.0. The lowest BCUT2D eigenvalue weighted by molar-refractivity contribution is 0.448. The Morgan fingerprint density at radius 1 is 1.31 bits per heavy atom. The Morgan fingerprint density at radius 2 is 1.94 bits per heavy atom. The van der Waals surface area contributed by atoms with Gasteiger partial charge in [0.05, 0.1) is 5.75 Å². The van der Waals surface area contributed by atoms with Crippen LogP contribution in [0.3, 0.4) is 0 Å². The van der Waals surface area contributed by atoms with E-state index in [0.717, 1.165) is 18.0 Å². The topological polar surface area (TPSA) is 47.0 Å². The monoisotopic (exact) mass is 271 g/mol. The quantitative estimate of drug-likeness (QED) is 0.617. The Balaban J connectivity index is 2.71. The SMILES string of the molecule is CS(=O)(=O)CCSc1nc(F)c(F)cc1F. The van der Waals surface area contributed by atoms with Gasteiger partial charge in [-0.15, -0.1) is 11.8 Å². The van der Waals surface area contributed by atoms with Crippen LogP contribution >= 0.6 is 11.8 Å². The molecule has 0 aliphatic rings. The highest BCUT2D eigenvalue weighted by molar-refractivity contribution is 8.00. The van der Waals surface area contributed by atoms with Gasteiger partial charge >= 0.3 is 0 Å². The molecule has 0 aromatic carbocycles. The predicted octanol–water partition coefficient (Wildman–Crippen LogP) is 1.64. The van der Waals surface area contributed by atoms with E-state index >= 15 is 0 Å². The first kappa shape index (κ1) is 13.3. The highest BCUT2D eigenvalue weighted by atomic mass is 32.2. The fraction of sp³-hybridized carbons (Fsp3) is 0.375. The highest BCUT2D eigenvalue weighted by Crippen LogP contribution is 2.21. The van der Waals surface area contributed by atoms with Gasteiger partial charge < -0.3 is 0 Å². The first-order valence-electron chi connectivity index (χ1n) is 4.11. The van der Waals surface area contributed by atoms with Gasteiger partial charge in [0, 0.05) is 18.1 Å². The molecule has 16 heavy (non-hydrogen) atoms. The molecule has 8 heteroatoms. The molecule has 0 atom stereocenters. The second kappa shape index (κ2) is 5.05. The Labute approximate surface area is 95.0 Å². The summed E-state index contributed by atoms with van der Waals surface area (Å²) in [6.07, 6.45) is 1.03. The summed E-state index contributed by atoms with van der Waals surface area (Å²) in [6, 6.07) is 0.380. The van der Waals surface area contributed by atoms with Gasteiger partial charge in [-0.05, 0) is 0 Å². The number of aromatic nitrogens is 1. The minimum Gasteiger partial charge on any atom is -0.229 e. The number of pyridine rings is 1. The van der Waals surface area contributed by atoms with Crippen LogP contribution in [0.5, 0.6) is 0 Å². The van der Waals surface area contributed by atoms with Crippen molar-refractivity contribution in [3.8, 4) is 0 Å². The molecule has 0 saturated heterocycles. The Hall–Kier alpha value is -0.760. The highest BCUT2D eigenvalue weighted by Gasteiger charge is 2.12. The van der Waals surface area contributed by atoms with Crippen LogP contribution in [0, 0.1) is 17.6 Å². The van der Waals surface area contributed by atoms with Crippen molar-refractivity contribution >= 4 is 21.6 Å². The van der Waals surface area contributed by atoms with Crippen LogP contribution in [0.25, 0.3) is 0 Å². The van der Waals surface area contributed by atoms with Crippen molar-refractivity contribution in [2.75, 3.05) is 17.8 Å². The van der Waals surface area contributed by atoms with Gasteiger partial charge in [0.25, 0.3) is 0 Å². The molecule has 1 aromatic rings. The molecule has 1 rings (SSSR count). The fourth-order valence-electron chi connectivity index (χ4n) is 0.819. The van der Waals surface area contributed by atoms with Gasteiger partial charge in [0.2, 0.25) is 5.95 Å². The molecule has 0 amide bonds. The number of sulfone groups is 1. The summed E-state index contributed by atoms with van der Waals surface area (Å²) in [6.45, 7) is 0. The zero-order chi connectivity index (χ0) is 12.3. The molecule has 0 unspecified atom stereocenters. The minimum atomic E-state index is -3.16. The molecule has 1 heterocycles. The van der Waals surface area contributed by atoms with Crippen LogP contribution in [-0.2, 0) is 9.84 Å². The standard InChI is InChI=1S/C8H8F3NO2S2/c1-16(13,14)3-2-15-8-6(10)4-5(9)7(11)12-8/h4H,2-3H2,1H3. The summed E-state index contributed by atoms with van der Waals surface area (Å²) in [5.41, 5.74) is 0. The van der Waals surface area contributed by atoms with Crippen molar-refractivity contribution in [3.63, 3.8) is 0 Å². The number of rotatable bonds is 4. The van der Waals surface area contributed by atoms with Gasteiger partial charge in [-0.25, -0.2) is 22.2 Å². The maximum absolute atomic E-state index is 13.0. The molecule has 0 spiro atoms. The molecule has 0 N–H and O–H groups in total. The van der Waals surface area contributed by atoms with Crippen molar-refractivity contribution in [1.82, 2.24) is 4.98 Å². The van der Waals surface area contributed by atoms with Gasteiger partial charge in [-0.3, -0.25) is 0 Å². The van der Waals surface area contributed by atoms with E-state index in [1.807, 2.05) is 0 Å². The second-order valence-corrected chi connectivity index (χ2v) is 6.37. The summed E-state index contributed by atoms with van der Waals surface area (Å²) in [7, 11) is -3.16. The Kier molecular flexibility index (Phi) is 4.20. The van der Waals surface area contributed by atoms with Gasteiger partial charge in [-0.1, -0.05) is 0 Å². The lowest BCUT2D eigenvalue weighted by atomic mass is 10.4. The lowest BCUT2D eigenvalue weighted by Gasteiger charge is -2.02. The molecule has 0 aliphatic heterocycles. The first-order chi connectivity index (χ1) is 7.29. The van der Waals surface area contributed by atoms with Crippen molar-refractivity contribution in [3.05, 3.63) is 23.6 Å². The zero-order valence-corrected chi connectivity index (χ0v) is 9.84. The number of thioether (sulfide) groups is 1. The molecule has 1 aromatic heterocycles. The average molecular weight is 271 g/mol. The molecular formula is C8H8F3NO2S2. The first-order valence-corrected chi connectivity index (χ1v) is 7.16. The van der Waals surface area contributed by atoms with Gasteiger partial charge in [0.15, 0.2) is 11.6 Å². The number of halogens is 3.